The Morgan fingerprint density at radius 2 is 1.95 bits per heavy atom. The number of nitrogens with zero attached hydrogens (tertiary/aromatic N) is 3. The number of methoxy groups -OCH3 is 1. The molecule has 4 aromatic rings. The lowest BCUT2D eigenvalue weighted by atomic mass is 10.1. The van der Waals surface area contributed by atoms with Crippen molar-refractivity contribution in [2.75, 3.05) is 7.11 Å². The maximum atomic E-state index is 13.5. The fourth-order valence-electron chi connectivity index (χ4n) is 4.07. The fourth-order valence-corrected chi connectivity index (χ4v) is 4.90. The van der Waals surface area contributed by atoms with Gasteiger partial charge in [0.15, 0.2) is 11.5 Å². The van der Waals surface area contributed by atoms with E-state index in [1.807, 2.05) is 37.3 Å². The summed E-state index contributed by atoms with van der Waals surface area (Å²) in [5.41, 5.74) is 2.79. The number of allylic oxidation sites excluding steroid dienone is 1. The van der Waals surface area contributed by atoms with Gasteiger partial charge in [0.25, 0.3) is 5.56 Å². The lowest BCUT2D eigenvalue weighted by Gasteiger charge is -2.17. The lowest BCUT2D eigenvalue weighted by molar-refractivity contribution is 0.282. The van der Waals surface area contributed by atoms with Gasteiger partial charge in [-0.05, 0) is 60.9 Å². The van der Waals surface area contributed by atoms with Gasteiger partial charge in [-0.15, -0.1) is 6.58 Å². The molecule has 0 aliphatic heterocycles. The molecule has 6 nitrogen and oxygen atoms in total. The van der Waals surface area contributed by atoms with Crippen molar-refractivity contribution in [3.63, 3.8) is 0 Å². The van der Waals surface area contributed by atoms with Crippen LogP contribution in [-0.2, 0) is 13.0 Å². The molecule has 0 N–H and O–H groups in total. The van der Waals surface area contributed by atoms with Gasteiger partial charge in [-0.1, -0.05) is 65.1 Å². The molecule has 0 radical (unpaired) electrons. The van der Waals surface area contributed by atoms with Crippen molar-refractivity contribution in [1.82, 2.24) is 9.66 Å². The maximum Gasteiger partial charge on any atom is 0.282 e. The number of fused-ring (bicyclic) bond motifs is 1. The fraction of sp³-hybridized carbons (Fsp3) is 0.233. The molecule has 3 aromatic carbocycles. The van der Waals surface area contributed by atoms with E-state index in [1.165, 1.54) is 4.68 Å². The number of benzene rings is 3. The van der Waals surface area contributed by atoms with Crippen molar-refractivity contribution in [3.05, 3.63) is 109 Å². The second-order valence-electron chi connectivity index (χ2n) is 9.03. The largest absolute Gasteiger partial charge is 0.493 e. The average Bonchev–Trinajstić information content (AvgIpc) is 2.92. The number of halogens is 3. The van der Waals surface area contributed by atoms with E-state index in [9.17, 15) is 4.79 Å². The minimum absolute atomic E-state index is 0.0317. The smallest absolute Gasteiger partial charge is 0.282 e. The van der Waals surface area contributed by atoms with E-state index in [2.05, 4.69) is 34.5 Å². The van der Waals surface area contributed by atoms with Gasteiger partial charge in [-0.2, -0.15) is 9.78 Å². The quantitative estimate of drug-likeness (QED) is 0.131. The van der Waals surface area contributed by atoms with Gasteiger partial charge < -0.3 is 9.47 Å². The number of aromatic nitrogens is 2. The Labute approximate surface area is 246 Å². The van der Waals surface area contributed by atoms with E-state index < -0.39 is 0 Å². The monoisotopic (exact) mass is 627 g/mol. The zero-order valence-electron chi connectivity index (χ0n) is 21.9. The van der Waals surface area contributed by atoms with Gasteiger partial charge in [0.05, 0.1) is 24.2 Å². The number of hydrogen-bond donors (Lipinski definition) is 0. The van der Waals surface area contributed by atoms with Gasteiger partial charge in [0, 0.05) is 31.6 Å². The second-order valence-corrected chi connectivity index (χ2v) is 10.8. The van der Waals surface area contributed by atoms with E-state index >= 15 is 0 Å². The van der Waals surface area contributed by atoms with Crippen LogP contribution in [0.2, 0.25) is 10.0 Å². The molecule has 1 atom stereocenters. The first kappa shape index (κ1) is 28.9. The van der Waals surface area contributed by atoms with Crippen LogP contribution in [0.15, 0.2) is 75.6 Å². The Morgan fingerprint density at radius 3 is 2.64 bits per heavy atom. The molecule has 0 spiro atoms. The average molecular weight is 629 g/mol. The van der Waals surface area contributed by atoms with Crippen molar-refractivity contribution >= 4 is 56.2 Å². The minimum atomic E-state index is -0.231. The van der Waals surface area contributed by atoms with Crippen LogP contribution in [0.25, 0.3) is 10.9 Å². The molecule has 0 saturated carbocycles. The standard InChI is InChI=1S/C30H28BrCl2N3O3/c1-5-7-20-12-19(13-27(38-4)28(20)39-17-21-8-10-23(32)15-25(21)33)16-34-36-29(18(3)6-2)35-26-11-9-22(31)14-24(26)30(36)37/h5,8-16,18H,1,6-7,17H2,2-4H3/t18-/m1/s1. The molecule has 0 unspecified atom stereocenters. The van der Waals surface area contributed by atoms with Crippen LogP contribution in [0.1, 0.15) is 48.7 Å². The predicted octanol–water partition coefficient (Wildman–Crippen LogP) is 8.18. The molecule has 9 heteroatoms. The summed E-state index contributed by atoms with van der Waals surface area (Å²) in [6.45, 7) is 8.20. The van der Waals surface area contributed by atoms with Crippen molar-refractivity contribution < 1.29 is 9.47 Å². The molecular formula is C30H28BrCl2N3O3. The molecule has 0 bridgehead atoms. The van der Waals surface area contributed by atoms with Crippen LogP contribution < -0.4 is 15.0 Å². The maximum absolute atomic E-state index is 13.5. The highest BCUT2D eigenvalue weighted by Gasteiger charge is 2.17. The first-order valence-corrected chi connectivity index (χ1v) is 14.0. The Bertz CT molecular complexity index is 1620. The van der Waals surface area contributed by atoms with Crippen molar-refractivity contribution in [2.24, 2.45) is 5.10 Å². The Hall–Kier alpha value is -3.13. The summed E-state index contributed by atoms with van der Waals surface area (Å²) in [6.07, 6.45) is 4.76. The van der Waals surface area contributed by atoms with Crippen LogP contribution in [0.4, 0.5) is 0 Å². The molecule has 0 saturated heterocycles. The molecule has 0 fully saturated rings. The molecule has 0 aliphatic carbocycles. The van der Waals surface area contributed by atoms with E-state index in [1.54, 1.807) is 37.6 Å². The van der Waals surface area contributed by atoms with E-state index in [0.717, 1.165) is 27.6 Å². The van der Waals surface area contributed by atoms with Gasteiger partial charge in [0.1, 0.15) is 12.4 Å². The van der Waals surface area contributed by atoms with Crippen LogP contribution in [0.3, 0.4) is 0 Å². The first-order chi connectivity index (χ1) is 18.7. The third-order valence-electron chi connectivity index (χ3n) is 6.33. The minimum Gasteiger partial charge on any atom is -0.493 e. The highest BCUT2D eigenvalue weighted by Crippen LogP contribution is 2.35. The summed E-state index contributed by atoms with van der Waals surface area (Å²) in [6, 6.07) is 14.5. The summed E-state index contributed by atoms with van der Waals surface area (Å²) >= 11 is 15.8. The molecule has 202 valence electrons. The summed E-state index contributed by atoms with van der Waals surface area (Å²) in [5, 5.41) is 6.16. The van der Waals surface area contributed by atoms with Crippen molar-refractivity contribution in [1.29, 1.82) is 0 Å². The molecule has 1 heterocycles. The van der Waals surface area contributed by atoms with Crippen LogP contribution in [0.5, 0.6) is 11.5 Å². The Balaban J connectivity index is 1.75. The summed E-state index contributed by atoms with van der Waals surface area (Å²) in [4.78, 5) is 18.2. The van der Waals surface area contributed by atoms with Gasteiger partial charge in [-0.3, -0.25) is 4.79 Å². The first-order valence-electron chi connectivity index (χ1n) is 12.4. The molecule has 0 aliphatic rings. The van der Waals surface area contributed by atoms with E-state index in [-0.39, 0.29) is 18.1 Å². The molecule has 39 heavy (non-hydrogen) atoms. The van der Waals surface area contributed by atoms with Crippen LogP contribution in [0, 0.1) is 0 Å². The van der Waals surface area contributed by atoms with Gasteiger partial charge in [-0.25, -0.2) is 4.98 Å². The molecule has 0 amide bonds. The van der Waals surface area contributed by atoms with Crippen molar-refractivity contribution in [2.45, 2.75) is 39.2 Å². The Morgan fingerprint density at radius 1 is 1.15 bits per heavy atom. The number of hydrogen-bond acceptors (Lipinski definition) is 5. The zero-order chi connectivity index (χ0) is 28.1. The Kier molecular flexibility index (Phi) is 9.49. The third kappa shape index (κ3) is 6.55. The summed E-state index contributed by atoms with van der Waals surface area (Å²) in [5.74, 6) is 1.74. The molecule has 1 aromatic heterocycles. The van der Waals surface area contributed by atoms with E-state index in [4.69, 9.17) is 37.7 Å². The SMILES string of the molecule is C=CCc1cc(C=Nn2c([C@H](C)CC)nc3ccc(Br)cc3c2=O)cc(OC)c1OCc1ccc(Cl)cc1Cl. The van der Waals surface area contributed by atoms with Crippen molar-refractivity contribution in [3.8, 4) is 11.5 Å². The zero-order valence-corrected chi connectivity index (χ0v) is 25.0. The third-order valence-corrected chi connectivity index (χ3v) is 7.41. The second kappa shape index (κ2) is 12.8. The van der Waals surface area contributed by atoms with Gasteiger partial charge >= 0.3 is 0 Å². The van der Waals surface area contributed by atoms with Crippen LogP contribution >= 0.6 is 39.1 Å². The molecular weight excluding hydrogens is 601 g/mol. The predicted molar refractivity (Wildman–Crippen MR) is 163 cm³/mol. The highest BCUT2D eigenvalue weighted by atomic mass is 79.9. The van der Waals surface area contributed by atoms with Crippen LogP contribution in [-0.4, -0.2) is 23.0 Å². The summed E-state index contributed by atoms with van der Waals surface area (Å²) in [7, 11) is 1.58. The van der Waals surface area contributed by atoms with E-state index in [0.29, 0.717) is 44.7 Å². The highest BCUT2D eigenvalue weighted by molar-refractivity contribution is 9.10. The summed E-state index contributed by atoms with van der Waals surface area (Å²) < 4.78 is 14.0. The number of ether oxygens (including phenoxy) is 2. The normalized spacial score (nSPS) is 12.2. The number of rotatable bonds is 10. The van der Waals surface area contributed by atoms with Gasteiger partial charge in [0.2, 0.25) is 0 Å². The topological polar surface area (TPSA) is 65.7 Å². The lowest BCUT2D eigenvalue weighted by Crippen LogP contribution is -2.23. The molecule has 4 rings (SSSR count).